The van der Waals surface area contributed by atoms with Gasteiger partial charge in [0.25, 0.3) is 5.91 Å². The van der Waals surface area contributed by atoms with Gasteiger partial charge < -0.3 is 15.2 Å². The molecule has 21 heavy (non-hydrogen) atoms. The summed E-state index contributed by atoms with van der Waals surface area (Å²) in [5.41, 5.74) is 2.57. The van der Waals surface area contributed by atoms with Gasteiger partial charge in [-0.05, 0) is 45.1 Å². The highest BCUT2D eigenvalue weighted by Gasteiger charge is 2.36. The van der Waals surface area contributed by atoms with Gasteiger partial charge in [-0.25, -0.2) is 4.98 Å². The normalized spacial score (nSPS) is 17.5. The molecule has 0 aliphatic heterocycles. The molecule has 1 heterocycles. The van der Waals surface area contributed by atoms with Crippen molar-refractivity contribution < 1.29 is 4.79 Å². The number of rotatable bonds is 4. The maximum absolute atomic E-state index is 12.4. The van der Waals surface area contributed by atoms with Gasteiger partial charge in [-0.1, -0.05) is 12.8 Å². The van der Waals surface area contributed by atoms with E-state index < -0.39 is 0 Å². The second-order valence-corrected chi connectivity index (χ2v) is 6.14. The average Bonchev–Trinajstić information content (AvgIpc) is 3.13. The van der Waals surface area contributed by atoms with E-state index in [4.69, 9.17) is 0 Å². The monoisotopic (exact) mass is 286 g/mol. The molecule has 2 aromatic rings. The van der Waals surface area contributed by atoms with E-state index in [0.29, 0.717) is 12.1 Å². The van der Waals surface area contributed by atoms with E-state index in [1.54, 1.807) is 6.33 Å². The smallest absolute Gasteiger partial charge is 0.251 e. The predicted molar refractivity (Wildman–Crippen MR) is 83.3 cm³/mol. The predicted octanol–water partition coefficient (Wildman–Crippen LogP) is 2.17. The number of carbonyl (C=O) groups is 1. The second kappa shape index (κ2) is 5.48. The molecule has 1 amide bonds. The van der Waals surface area contributed by atoms with Crippen LogP contribution in [0.15, 0.2) is 24.5 Å². The molecule has 0 unspecified atom stereocenters. The van der Waals surface area contributed by atoms with E-state index in [2.05, 4.69) is 34.3 Å². The quantitative estimate of drug-likeness (QED) is 0.905. The Morgan fingerprint density at radius 2 is 2.14 bits per heavy atom. The van der Waals surface area contributed by atoms with Crippen LogP contribution in [0, 0.1) is 0 Å². The Balaban J connectivity index is 1.70. The van der Waals surface area contributed by atoms with Crippen molar-refractivity contribution in [1.29, 1.82) is 0 Å². The second-order valence-electron chi connectivity index (χ2n) is 6.14. The largest absolute Gasteiger partial charge is 0.350 e. The summed E-state index contributed by atoms with van der Waals surface area (Å²) < 4.78 is 0. The summed E-state index contributed by atoms with van der Waals surface area (Å²) in [7, 11) is 4.21. The lowest BCUT2D eigenvalue weighted by Crippen LogP contribution is -2.50. The SMILES string of the molecule is CN(C)C1(CNC(=O)c2ccc3nc[nH]c3c2)CCCC1. The molecule has 3 rings (SSSR count). The zero-order valence-electron chi connectivity index (χ0n) is 12.6. The lowest BCUT2D eigenvalue weighted by atomic mass is 9.96. The van der Waals surface area contributed by atoms with Gasteiger partial charge in [0.1, 0.15) is 0 Å². The fraction of sp³-hybridized carbons (Fsp3) is 0.500. The van der Waals surface area contributed by atoms with E-state index in [-0.39, 0.29) is 11.4 Å². The van der Waals surface area contributed by atoms with E-state index in [0.717, 1.165) is 23.9 Å². The lowest BCUT2D eigenvalue weighted by molar-refractivity contribution is 0.0900. The van der Waals surface area contributed by atoms with E-state index in [9.17, 15) is 4.79 Å². The first-order chi connectivity index (χ1) is 10.1. The molecular formula is C16H22N4O. The number of nitrogens with zero attached hydrogens (tertiary/aromatic N) is 2. The third-order valence-electron chi connectivity index (χ3n) is 4.74. The Bertz CT molecular complexity index is 641. The molecule has 1 saturated carbocycles. The Labute approximate surface area is 124 Å². The molecule has 5 heteroatoms. The van der Waals surface area contributed by atoms with Crippen molar-refractivity contribution in [2.75, 3.05) is 20.6 Å². The van der Waals surface area contributed by atoms with Crippen molar-refractivity contribution in [3.63, 3.8) is 0 Å². The van der Waals surface area contributed by atoms with E-state index in [1.807, 2.05) is 18.2 Å². The number of imidazole rings is 1. The summed E-state index contributed by atoms with van der Waals surface area (Å²) in [6, 6.07) is 5.56. The van der Waals surface area contributed by atoms with Gasteiger partial charge in [-0.2, -0.15) is 0 Å². The van der Waals surface area contributed by atoms with Gasteiger partial charge in [-0.15, -0.1) is 0 Å². The standard InChI is InChI=1S/C16H22N4O/c1-20(2)16(7-3-4-8-16)10-17-15(21)12-5-6-13-14(9-12)19-11-18-13/h5-6,9,11H,3-4,7-8,10H2,1-2H3,(H,17,21)(H,18,19). The Morgan fingerprint density at radius 1 is 1.38 bits per heavy atom. The lowest BCUT2D eigenvalue weighted by Gasteiger charge is -2.36. The van der Waals surface area contributed by atoms with Gasteiger partial charge in [0.2, 0.25) is 0 Å². The molecule has 0 atom stereocenters. The highest BCUT2D eigenvalue weighted by molar-refractivity contribution is 5.97. The number of benzene rings is 1. The average molecular weight is 286 g/mol. The Kier molecular flexibility index (Phi) is 3.68. The van der Waals surface area contributed by atoms with Crippen LogP contribution in [0.2, 0.25) is 0 Å². The van der Waals surface area contributed by atoms with Crippen LogP contribution in [0.4, 0.5) is 0 Å². The van der Waals surface area contributed by atoms with Crippen molar-refractivity contribution in [1.82, 2.24) is 20.2 Å². The molecule has 1 fully saturated rings. The Morgan fingerprint density at radius 3 is 2.86 bits per heavy atom. The summed E-state index contributed by atoms with van der Waals surface area (Å²) in [6.45, 7) is 0.708. The van der Waals surface area contributed by atoms with Crippen LogP contribution in [-0.4, -0.2) is 47.0 Å². The van der Waals surface area contributed by atoms with E-state index >= 15 is 0 Å². The maximum atomic E-state index is 12.4. The summed E-state index contributed by atoms with van der Waals surface area (Å²) in [4.78, 5) is 21.8. The molecule has 1 aliphatic rings. The third kappa shape index (κ3) is 2.65. The molecule has 0 radical (unpaired) electrons. The zero-order chi connectivity index (χ0) is 14.9. The molecule has 112 valence electrons. The number of fused-ring (bicyclic) bond motifs is 1. The molecular weight excluding hydrogens is 264 g/mol. The van der Waals surface area contributed by atoms with Crippen molar-refractivity contribution in [2.24, 2.45) is 0 Å². The molecule has 1 aromatic carbocycles. The Hall–Kier alpha value is -1.88. The number of carbonyl (C=O) groups excluding carboxylic acids is 1. The summed E-state index contributed by atoms with van der Waals surface area (Å²) >= 11 is 0. The van der Waals surface area contributed by atoms with Gasteiger partial charge in [0.15, 0.2) is 0 Å². The van der Waals surface area contributed by atoms with Crippen molar-refractivity contribution in [2.45, 2.75) is 31.2 Å². The maximum Gasteiger partial charge on any atom is 0.251 e. The minimum atomic E-state index is -0.0142. The van der Waals surface area contributed by atoms with Crippen molar-refractivity contribution in [3.8, 4) is 0 Å². The van der Waals surface area contributed by atoms with Gasteiger partial charge in [0.05, 0.1) is 17.4 Å². The number of nitrogens with one attached hydrogen (secondary N) is 2. The summed E-state index contributed by atoms with van der Waals surface area (Å²) in [5.74, 6) is -0.0142. The van der Waals surface area contributed by atoms with Crippen LogP contribution in [0.25, 0.3) is 11.0 Å². The van der Waals surface area contributed by atoms with Crippen LogP contribution in [0.3, 0.4) is 0 Å². The highest BCUT2D eigenvalue weighted by Crippen LogP contribution is 2.33. The van der Waals surface area contributed by atoms with Crippen LogP contribution in [-0.2, 0) is 0 Å². The third-order valence-corrected chi connectivity index (χ3v) is 4.74. The number of aromatic nitrogens is 2. The molecule has 0 saturated heterocycles. The fourth-order valence-electron chi connectivity index (χ4n) is 3.24. The van der Waals surface area contributed by atoms with Crippen LogP contribution >= 0.6 is 0 Å². The molecule has 1 aromatic heterocycles. The van der Waals surface area contributed by atoms with E-state index in [1.165, 1.54) is 12.8 Å². The van der Waals surface area contributed by atoms with Crippen molar-refractivity contribution in [3.05, 3.63) is 30.1 Å². The van der Waals surface area contributed by atoms with Crippen molar-refractivity contribution >= 4 is 16.9 Å². The molecule has 2 N–H and O–H groups in total. The highest BCUT2D eigenvalue weighted by atomic mass is 16.1. The number of aromatic amines is 1. The topological polar surface area (TPSA) is 61.0 Å². The van der Waals surface area contributed by atoms with Gasteiger partial charge in [0, 0.05) is 17.6 Å². The summed E-state index contributed by atoms with van der Waals surface area (Å²) in [5, 5.41) is 3.11. The number of hydrogen-bond acceptors (Lipinski definition) is 3. The molecule has 0 bridgehead atoms. The first kappa shape index (κ1) is 14.1. The molecule has 5 nitrogen and oxygen atoms in total. The number of H-pyrrole nitrogens is 1. The first-order valence-electron chi connectivity index (χ1n) is 7.49. The molecule has 0 spiro atoms. The first-order valence-corrected chi connectivity index (χ1v) is 7.49. The van der Waals surface area contributed by atoms with Crippen LogP contribution in [0.5, 0.6) is 0 Å². The van der Waals surface area contributed by atoms with Gasteiger partial charge in [-0.3, -0.25) is 4.79 Å². The summed E-state index contributed by atoms with van der Waals surface area (Å²) in [6.07, 6.45) is 6.44. The minimum absolute atomic E-state index is 0.0142. The van der Waals surface area contributed by atoms with Crippen LogP contribution < -0.4 is 5.32 Å². The minimum Gasteiger partial charge on any atom is -0.350 e. The zero-order valence-corrected chi connectivity index (χ0v) is 12.6. The van der Waals surface area contributed by atoms with Crippen LogP contribution in [0.1, 0.15) is 36.0 Å². The molecule has 1 aliphatic carbocycles. The number of likely N-dealkylation sites (N-methyl/N-ethyl adjacent to an activating group) is 1. The number of amides is 1. The fourth-order valence-corrected chi connectivity index (χ4v) is 3.24. The van der Waals surface area contributed by atoms with Gasteiger partial charge >= 0.3 is 0 Å². The number of hydrogen-bond donors (Lipinski definition) is 2.